The van der Waals surface area contributed by atoms with Gasteiger partial charge >= 0.3 is 70.9 Å². The number of rotatable bonds is 6. The van der Waals surface area contributed by atoms with E-state index >= 15 is 0 Å². The van der Waals surface area contributed by atoms with Gasteiger partial charge in [-0.25, -0.2) is 0 Å². The molecular weight excluding hydrogens is 181 g/mol. The third kappa shape index (κ3) is 3.65. The van der Waals surface area contributed by atoms with Crippen LogP contribution in [-0.4, -0.2) is 49.0 Å². The molecule has 1 aliphatic rings. The summed E-state index contributed by atoms with van der Waals surface area (Å²) < 4.78 is 19.9. The second kappa shape index (κ2) is 4.35. The first-order valence-corrected chi connectivity index (χ1v) is 4.52. The monoisotopic (exact) mass is 189 g/mol. The van der Waals surface area contributed by atoms with E-state index in [1.807, 2.05) is 0 Å². The van der Waals surface area contributed by atoms with Gasteiger partial charge < -0.3 is 0 Å². The Kier molecular flexibility index (Phi) is 3.68. The fraction of sp³-hybridized carbons (Fsp3) is 1.00. The van der Waals surface area contributed by atoms with Gasteiger partial charge in [0, 0.05) is 0 Å². The van der Waals surface area contributed by atoms with Gasteiger partial charge in [-0.1, -0.05) is 0 Å². The van der Waals surface area contributed by atoms with Crippen LogP contribution >= 0.6 is 8.25 Å². The fourth-order valence-corrected chi connectivity index (χ4v) is 1.12. The molecule has 1 atom stereocenters. The molecule has 1 aliphatic heterocycles. The van der Waals surface area contributed by atoms with Crippen molar-refractivity contribution < 1.29 is 23.8 Å². The van der Waals surface area contributed by atoms with Crippen LogP contribution in [0.3, 0.4) is 0 Å². The fourth-order valence-electron chi connectivity index (χ4n) is 0.501. The molecule has 8 heteroatoms. The molecule has 0 aromatic heterocycles. The molecule has 12 heavy (non-hydrogen) atoms. The predicted octanol–water partition coefficient (Wildman–Crippen LogP) is -1.35. The Balaban J connectivity index is 2.02. The molecule has 0 aromatic rings. The van der Waals surface area contributed by atoms with E-state index in [0.29, 0.717) is 0 Å². The predicted molar refractivity (Wildman–Crippen MR) is 43.1 cm³/mol. The van der Waals surface area contributed by atoms with Crippen molar-refractivity contribution in [2.45, 2.75) is 5.40 Å². The summed E-state index contributed by atoms with van der Waals surface area (Å²) in [5.74, 6) is 0. The summed E-state index contributed by atoms with van der Waals surface area (Å²) in [4.78, 5) is 0. The third-order valence-corrected chi connectivity index (χ3v) is 1.97. The van der Waals surface area contributed by atoms with Crippen LogP contribution in [0.5, 0.6) is 0 Å². The van der Waals surface area contributed by atoms with Crippen LogP contribution in [0.2, 0.25) is 0 Å². The van der Waals surface area contributed by atoms with Gasteiger partial charge in [-0.3, -0.25) is 0 Å². The Morgan fingerprint density at radius 1 is 1.42 bits per heavy atom. The Bertz CT molecular complexity index is 202. The molecule has 1 unspecified atom stereocenters. The van der Waals surface area contributed by atoms with Crippen molar-refractivity contribution in [1.29, 1.82) is 0 Å². The Labute approximate surface area is 71.7 Å². The van der Waals surface area contributed by atoms with Crippen molar-refractivity contribution in [3.63, 3.8) is 0 Å². The molecule has 0 spiro atoms. The summed E-state index contributed by atoms with van der Waals surface area (Å²) in [6.45, 7) is 2.77. The number of aliphatic hydroxyl groups excluding tert-OH is 1. The number of hydrogen-bond donors (Lipinski definition) is 2. The maximum atomic E-state index is 10.7. The van der Waals surface area contributed by atoms with Gasteiger partial charge in [-0.15, -0.1) is 0 Å². The van der Waals surface area contributed by atoms with E-state index in [1.165, 1.54) is 13.6 Å². The SMILES string of the molecule is O=[P+](OCCO)OCC1(O)B=B1. The molecule has 0 aromatic carbocycles. The zero-order valence-corrected chi connectivity index (χ0v) is 7.24. The van der Waals surface area contributed by atoms with Gasteiger partial charge in [0.15, 0.2) is 0 Å². The molecule has 0 bridgehead atoms. The molecule has 2 N–H and O–H groups in total. The van der Waals surface area contributed by atoms with Crippen LogP contribution in [0.25, 0.3) is 0 Å². The molecule has 5 nitrogen and oxygen atoms in total. The van der Waals surface area contributed by atoms with E-state index in [4.69, 9.17) is 10.2 Å². The van der Waals surface area contributed by atoms with Gasteiger partial charge in [-0.2, -0.15) is 0 Å². The Morgan fingerprint density at radius 2 is 2.08 bits per heavy atom. The van der Waals surface area contributed by atoms with Gasteiger partial charge in [0.25, 0.3) is 0 Å². The van der Waals surface area contributed by atoms with Crippen LogP contribution in [0.1, 0.15) is 0 Å². The first kappa shape index (κ1) is 10.2. The molecule has 0 fully saturated rings. The average Bonchev–Trinajstić information content (AvgIpc) is 2.77. The van der Waals surface area contributed by atoms with Crippen LogP contribution in [0, 0.1) is 0 Å². The number of hydrogen-bond acceptors (Lipinski definition) is 5. The van der Waals surface area contributed by atoms with E-state index in [2.05, 4.69) is 9.05 Å². The average molecular weight is 189 g/mol. The minimum atomic E-state index is -2.22. The van der Waals surface area contributed by atoms with E-state index in [9.17, 15) is 4.57 Å². The van der Waals surface area contributed by atoms with Crippen molar-refractivity contribution in [3.05, 3.63) is 0 Å². The minimum absolute atomic E-state index is 0.0267. The third-order valence-electron chi connectivity index (χ3n) is 1.24. The summed E-state index contributed by atoms with van der Waals surface area (Å²) in [6, 6.07) is 0. The summed E-state index contributed by atoms with van der Waals surface area (Å²) in [5, 5.41) is 16.4. The van der Waals surface area contributed by atoms with Crippen molar-refractivity contribution in [3.8, 4) is 0 Å². The molecule has 0 radical (unpaired) electrons. The van der Waals surface area contributed by atoms with Crippen molar-refractivity contribution >= 4 is 21.9 Å². The van der Waals surface area contributed by atoms with Gasteiger partial charge in [0.2, 0.25) is 0 Å². The second-order valence-corrected chi connectivity index (χ2v) is 3.34. The van der Waals surface area contributed by atoms with Gasteiger partial charge in [0.05, 0.1) is 0 Å². The summed E-state index contributed by atoms with van der Waals surface area (Å²) in [6.07, 6.45) is 0. The van der Waals surface area contributed by atoms with E-state index < -0.39 is 13.7 Å². The van der Waals surface area contributed by atoms with Crippen molar-refractivity contribution in [2.75, 3.05) is 19.8 Å². The second-order valence-electron chi connectivity index (χ2n) is 2.38. The molecule has 1 heterocycles. The van der Waals surface area contributed by atoms with Crippen LogP contribution in [-0.2, 0) is 13.6 Å². The van der Waals surface area contributed by atoms with Crippen LogP contribution in [0.15, 0.2) is 0 Å². The zero-order chi connectivity index (χ0) is 9.03. The van der Waals surface area contributed by atoms with Crippen molar-refractivity contribution in [1.82, 2.24) is 0 Å². The Hall–Kier alpha value is 0.0699. The molecule has 0 saturated heterocycles. The van der Waals surface area contributed by atoms with Gasteiger partial charge in [0.1, 0.15) is 0 Å². The maximum absolute atomic E-state index is 10.7. The van der Waals surface area contributed by atoms with Crippen LogP contribution in [0.4, 0.5) is 0 Å². The first-order valence-electron chi connectivity index (χ1n) is 3.43. The molecule has 0 saturated carbocycles. The van der Waals surface area contributed by atoms with Gasteiger partial charge in [-0.05, 0) is 0 Å². The van der Waals surface area contributed by atoms with E-state index in [0.717, 1.165) is 0 Å². The first-order chi connectivity index (χ1) is 5.66. The molecular formula is C4H8B2O5P+. The quantitative estimate of drug-likeness (QED) is 0.399. The normalized spacial score (nSPS) is 18.0. The van der Waals surface area contributed by atoms with E-state index in [-0.39, 0.29) is 19.8 Å². The Morgan fingerprint density at radius 3 is 2.58 bits per heavy atom. The summed E-state index contributed by atoms with van der Waals surface area (Å²) in [7, 11) is -2.22. The topological polar surface area (TPSA) is 76.0 Å². The standard InChI is InChI=1S/C4H8B2O5P/c7-1-2-10-12(9)11-3-4(8)5-6-4/h7-8H,1-3H2/q+1. The van der Waals surface area contributed by atoms with Crippen molar-refractivity contribution in [2.24, 2.45) is 0 Å². The zero-order valence-electron chi connectivity index (χ0n) is 6.34. The number of aliphatic hydroxyl groups is 2. The van der Waals surface area contributed by atoms with E-state index in [1.54, 1.807) is 0 Å². The molecule has 0 amide bonds. The molecule has 0 aliphatic carbocycles. The van der Waals surface area contributed by atoms with Crippen LogP contribution < -0.4 is 0 Å². The summed E-state index contributed by atoms with van der Waals surface area (Å²) >= 11 is 0. The molecule has 1 rings (SSSR count). The molecule has 64 valence electrons. The summed E-state index contributed by atoms with van der Waals surface area (Å²) in [5.41, 5.74) is 0.